The highest BCUT2D eigenvalue weighted by Gasteiger charge is 2.49. The van der Waals surface area contributed by atoms with Crippen molar-refractivity contribution in [2.45, 2.75) is 38.5 Å². The largest absolute Gasteiger partial charge is 0.459 e. The lowest BCUT2D eigenvalue weighted by Gasteiger charge is -2.18. The highest BCUT2D eigenvalue weighted by Crippen LogP contribution is 2.33. The van der Waals surface area contributed by atoms with Crippen LogP contribution in [-0.4, -0.2) is 46.5 Å². The van der Waals surface area contributed by atoms with E-state index in [1.54, 1.807) is 37.3 Å². The molecule has 0 aliphatic carbocycles. The second-order valence-electron chi connectivity index (χ2n) is 6.55. The van der Waals surface area contributed by atoms with Gasteiger partial charge in [-0.15, -0.1) is 0 Å². The molecule has 2 N–H and O–H groups in total. The van der Waals surface area contributed by atoms with Crippen LogP contribution in [0.3, 0.4) is 0 Å². The molecule has 0 amide bonds. The second kappa shape index (κ2) is 8.39. The van der Waals surface area contributed by atoms with Crippen LogP contribution in [0.1, 0.15) is 29.1 Å². The fourth-order valence-corrected chi connectivity index (χ4v) is 2.96. The number of aromatic nitrogens is 2. The minimum absolute atomic E-state index is 0.0181. The third-order valence-electron chi connectivity index (χ3n) is 4.41. The van der Waals surface area contributed by atoms with Crippen molar-refractivity contribution < 1.29 is 28.2 Å². The van der Waals surface area contributed by atoms with E-state index in [-0.39, 0.29) is 12.4 Å². The number of anilines is 1. The van der Waals surface area contributed by atoms with E-state index in [0.29, 0.717) is 11.1 Å². The van der Waals surface area contributed by atoms with Gasteiger partial charge in [0.15, 0.2) is 18.5 Å². The van der Waals surface area contributed by atoms with E-state index in [9.17, 15) is 14.4 Å². The van der Waals surface area contributed by atoms with E-state index in [1.165, 1.54) is 6.20 Å². The summed E-state index contributed by atoms with van der Waals surface area (Å²) in [7, 11) is 0. The zero-order chi connectivity index (χ0) is 21.1. The third kappa shape index (κ3) is 4.43. The molecule has 0 saturated carbocycles. The number of carbonyl (C=O) groups is 2. The first-order valence-corrected chi connectivity index (χ1v) is 8.82. The molecule has 1 aromatic carbocycles. The number of esters is 2. The van der Waals surface area contributed by atoms with Gasteiger partial charge in [-0.25, -0.2) is 14.0 Å². The zero-order valence-electron chi connectivity index (χ0n) is 15.8. The molecular formula is C19H20FN3O6. The standard InChI is InChI=1S/C19H20FN3O6/c1-10-8-23(19(26)22-16(10)21)17-14(20)15(28-11(2)24)13(29-17)9-27-18(25)12-6-4-3-5-7-12/h3-8,13-15,17H,9H2,1-2H3,(H2,21,22,26)/t13-,14+,15-,17-/m1/s1. The molecule has 1 fully saturated rings. The highest BCUT2D eigenvalue weighted by molar-refractivity contribution is 5.89. The fraction of sp³-hybridized carbons (Fsp3) is 0.368. The Kier molecular flexibility index (Phi) is 5.92. The molecule has 2 heterocycles. The average Bonchev–Trinajstić information content (AvgIpc) is 2.98. The number of ether oxygens (including phenoxy) is 3. The molecule has 3 rings (SSSR count). The Morgan fingerprint density at radius 3 is 2.66 bits per heavy atom. The third-order valence-corrected chi connectivity index (χ3v) is 4.41. The van der Waals surface area contributed by atoms with Crippen molar-refractivity contribution in [1.29, 1.82) is 0 Å². The number of carbonyl (C=O) groups excluding carboxylic acids is 2. The molecule has 0 spiro atoms. The maximum Gasteiger partial charge on any atom is 0.351 e. The van der Waals surface area contributed by atoms with E-state index in [2.05, 4.69) is 4.98 Å². The summed E-state index contributed by atoms with van der Waals surface area (Å²) < 4.78 is 31.8. The molecule has 1 aliphatic rings. The molecule has 0 unspecified atom stereocenters. The minimum atomic E-state index is -1.89. The molecule has 2 aromatic rings. The summed E-state index contributed by atoms with van der Waals surface area (Å²) in [6, 6.07) is 8.20. The molecular weight excluding hydrogens is 385 g/mol. The van der Waals surface area contributed by atoms with Crippen LogP contribution in [0.25, 0.3) is 0 Å². The van der Waals surface area contributed by atoms with Gasteiger partial charge in [-0.1, -0.05) is 18.2 Å². The Balaban J connectivity index is 1.80. The normalized spacial score (nSPS) is 23.6. The molecule has 154 valence electrons. The zero-order valence-corrected chi connectivity index (χ0v) is 15.8. The molecule has 0 bridgehead atoms. The number of nitrogen functional groups attached to an aromatic ring is 1. The number of hydrogen-bond acceptors (Lipinski definition) is 8. The first kappa shape index (κ1) is 20.5. The van der Waals surface area contributed by atoms with E-state index < -0.39 is 42.2 Å². The summed E-state index contributed by atoms with van der Waals surface area (Å²) in [6.07, 6.45) is -4.48. The number of hydrogen-bond donors (Lipinski definition) is 1. The Labute approximate surface area is 165 Å². The van der Waals surface area contributed by atoms with Gasteiger partial charge in [0.05, 0.1) is 5.56 Å². The number of benzene rings is 1. The van der Waals surface area contributed by atoms with Gasteiger partial charge in [-0.05, 0) is 19.1 Å². The van der Waals surface area contributed by atoms with Crippen molar-refractivity contribution in [3.63, 3.8) is 0 Å². The minimum Gasteiger partial charge on any atom is -0.459 e. The van der Waals surface area contributed by atoms with Gasteiger partial charge >= 0.3 is 17.6 Å². The Morgan fingerprint density at radius 1 is 1.31 bits per heavy atom. The van der Waals surface area contributed by atoms with E-state index >= 15 is 4.39 Å². The topological polar surface area (TPSA) is 123 Å². The summed E-state index contributed by atoms with van der Waals surface area (Å²) in [5.41, 5.74) is 5.53. The van der Waals surface area contributed by atoms with Crippen molar-refractivity contribution >= 4 is 17.8 Å². The fourth-order valence-electron chi connectivity index (χ4n) is 2.96. The second-order valence-corrected chi connectivity index (χ2v) is 6.55. The van der Waals surface area contributed by atoms with Crippen LogP contribution >= 0.6 is 0 Å². The number of aryl methyl sites for hydroxylation is 1. The van der Waals surface area contributed by atoms with E-state index in [4.69, 9.17) is 19.9 Å². The average molecular weight is 405 g/mol. The first-order valence-electron chi connectivity index (χ1n) is 8.82. The van der Waals surface area contributed by atoms with Gasteiger partial charge in [0.1, 0.15) is 18.5 Å². The van der Waals surface area contributed by atoms with Crippen molar-refractivity contribution in [3.8, 4) is 0 Å². The molecule has 10 heteroatoms. The quantitative estimate of drug-likeness (QED) is 0.735. The summed E-state index contributed by atoms with van der Waals surface area (Å²) in [5.74, 6) is -1.36. The molecule has 9 nitrogen and oxygen atoms in total. The van der Waals surface area contributed by atoms with E-state index in [1.807, 2.05) is 0 Å². The van der Waals surface area contributed by atoms with Crippen LogP contribution in [0.5, 0.6) is 0 Å². The smallest absolute Gasteiger partial charge is 0.351 e. The van der Waals surface area contributed by atoms with Crippen molar-refractivity contribution in [1.82, 2.24) is 9.55 Å². The van der Waals surface area contributed by atoms with Crippen LogP contribution in [0.4, 0.5) is 10.2 Å². The lowest BCUT2D eigenvalue weighted by Crippen LogP contribution is -2.37. The number of nitrogens with zero attached hydrogens (tertiary/aromatic N) is 2. The molecule has 4 atom stereocenters. The van der Waals surface area contributed by atoms with Crippen molar-refractivity contribution in [2.75, 3.05) is 12.3 Å². The van der Waals surface area contributed by atoms with Gasteiger partial charge in [0.2, 0.25) is 0 Å². The Hall–Kier alpha value is -3.27. The SMILES string of the molecule is CC(=O)O[C@H]1[C@H](F)[C@H](n2cc(C)c(N)nc2=O)O[C@@H]1COC(=O)c1ccccc1. The van der Waals surface area contributed by atoms with Gasteiger partial charge in [-0.2, -0.15) is 4.98 Å². The van der Waals surface area contributed by atoms with Gasteiger partial charge in [0.25, 0.3) is 0 Å². The summed E-state index contributed by atoms with van der Waals surface area (Å²) in [5, 5.41) is 0. The van der Waals surface area contributed by atoms with E-state index in [0.717, 1.165) is 11.5 Å². The number of alkyl halides is 1. The summed E-state index contributed by atoms with van der Waals surface area (Å²) >= 11 is 0. The van der Waals surface area contributed by atoms with Crippen LogP contribution < -0.4 is 11.4 Å². The van der Waals surface area contributed by atoms with Gasteiger partial charge in [-0.3, -0.25) is 9.36 Å². The van der Waals surface area contributed by atoms with Crippen LogP contribution in [0.15, 0.2) is 41.3 Å². The summed E-state index contributed by atoms with van der Waals surface area (Å²) in [4.78, 5) is 39.3. The number of nitrogens with two attached hydrogens (primary N) is 1. The van der Waals surface area contributed by atoms with Crippen LogP contribution in [-0.2, 0) is 19.0 Å². The molecule has 1 aliphatic heterocycles. The Bertz CT molecular complexity index is 964. The highest BCUT2D eigenvalue weighted by atomic mass is 19.1. The number of rotatable bonds is 5. The van der Waals surface area contributed by atoms with Crippen molar-refractivity contribution in [2.24, 2.45) is 0 Å². The van der Waals surface area contributed by atoms with Crippen LogP contribution in [0.2, 0.25) is 0 Å². The Morgan fingerprint density at radius 2 is 2.00 bits per heavy atom. The summed E-state index contributed by atoms with van der Waals surface area (Å²) in [6.45, 7) is 2.34. The molecule has 0 radical (unpaired) electrons. The van der Waals surface area contributed by atoms with Gasteiger partial charge < -0.3 is 19.9 Å². The predicted molar refractivity (Wildman–Crippen MR) is 98.7 cm³/mol. The van der Waals surface area contributed by atoms with Gasteiger partial charge in [0, 0.05) is 18.7 Å². The lowest BCUT2D eigenvalue weighted by molar-refractivity contribution is -0.152. The lowest BCUT2D eigenvalue weighted by atomic mass is 10.1. The first-order chi connectivity index (χ1) is 13.8. The maximum atomic E-state index is 15.0. The molecule has 1 aromatic heterocycles. The number of halogens is 1. The molecule has 1 saturated heterocycles. The molecule has 29 heavy (non-hydrogen) atoms. The predicted octanol–water partition coefficient (Wildman–Crippen LogP) is 1.16. The monoisotopic (exact) mass is 405 g/mol. The van der Waals surface area contributed by atoms with Crippen LogP contribution in [0, 0.1) is 6.92 Å². The van der Waals surface area contributed by atoms with Crippen molar-refractivity contribution in [3.05, 3.63) is 58.1 Å². The maximum absolute atomic E-state index is 15.0.